The van der Waals surface area contributed by atoms with Crippen LogP contribution in [0.5, 0.6) is 0 Å². The number of hydrogen-bond donors (Lipinski definition) is 5. The van der Waals surface area contributed by atoms with Gasteiger partial charge in [0, 0.05) is 42.7 Å². The molecule has 7 N–H and O–H groups in total. The van der Waals surface area contributed by atoms with Crippen LogP contribution in [0.15, 0.2) is 0 Å². The van der Waals surface area contributed by atoms with E-state index in [9.17, 15) is 0 Å². The molecule has 0 bridgehead atoms. The minimum atomic E-state index is -0.833. The summed E-state index contributed by atoms with van der Waals surface area (Å²) >= 11 is 0. The first-order valence-corrected chi connectivity index (χ1v) is 6.89. The first-order valence-electron chi connectivity index (χ1n) is 5.89. The number of aliphatic carboxylic acids is 3. The van der Waals surface area contributed by atoms with E-state index in [4.69, 9.17) is 41.2 Å². The van der Waals surface area contributed by atoms with Gasteiger partial charge >= 0.3 is 0 Å². The second-order valence-corrected chi connectivity index (χ2v) is 6.16. The van der Waals surface area contributed by atoms with Crippen LogP contribution in [-0.4, -0.2) is 55.2 Å². The van der Waals surface area contributed by atoms with Crippen molar-refractivity contribution in [2.24, 2.45) is 11.5 Å². The summed E-state index contributed by atoms with van der Waals surface area (Å²) in [6.07, 6.45) is 2.23. The summed E-state index contributed by atoms with van der Waals surface area (Å²) in [5, 5.41) is 22.3. The average molecular weight is 312 g/mol. The van der Waals surface area contributed by atoms with Gasteiger partial charge in [0.25, 0.3) is 17.9 Å². The Labute approximate surface area is 122 Å². The van der Waals surface area contributed by atoms with Crippen molar-refractivity contribution in [3.05, 3.63) is 0 Å². The van der Waals surface area contributed by atoms with Gasteiger partial charge in [0.1, 0.15) is 0 Å². The lowest BCUT2D eigenvalue weighted by Crippen LogP contribution is -2.47. The summed E-state index contributed by atoms with van der Waals surface area (Å²) in [4.78, 5) is 27.0. The van der Waals surface area contributed by atoms with Crippen molar-refractivity contribution in [3.8, 4) is 0 Å². The normalized spacial score (nSPS) is 11.1. The van der Waals surface area contributed by atoms with Crippen LogP contribution in [0.2, 0.25) is 0 Å². The summed E-state index contributed by atoms with van der Waals surface area (Å²) in [5.74, 6) is -2.50. The van der Waals surface area contributed by atoms with Gasteiger partial charge in [-0.3, -0.25) is 14.4 Å². The standard InChI is InChI=1S/C5H16N2Si.3C2H4O2/c1-2-3-5(7,8)4-6;3*1-2(3)4/h2-4,6-7H2,1,8H3;3*1H3,(H,3,4). The predicted molar refractivity (Wildman–Crippen MR) is 80.7 cm³/mol. The first kappa shape index (κ1) is 27.0. The Kier molecular flexibility index (Phi) is 23.7. The van der Waals surface area contributed by atoms with Gasteiger partial charge in [-0.1, -0.05) is 13.3 Å². The van der Waals surface area contributed by atoms with Crippen LogP contribution >= 0.6 is 0 Å². The number of hydrogen-bond acceptors (Lipinski definition) is 5. The molecule has 0 radical (unpaired) electrons. The maximum Gasteiger partial charge on any atom is 0.300 e. The average Bonchev–Trinajstić information content (AvgIpc) is 2.14. The largest absolute Gasteiger partial charge is 0.481 e. The molecule has 0 saturated carbocycles. The molecule has 0 spiro atoms. The molecule has 0 fully saturated rings. The molecular formula is C11H28N2O6Si. The van der Waals surface area contributed by atoms with Crippen LogP contribution in [0, 0.1) is 0 Å². The highest BCUT2D eigenvalue weighted by Crippen LogP contribution is 2.00. The summed E-state index contributed by atoms with van der Waals surface area (Å²) in [6, 6.07) is 0. The second kappa shape index (κ2) is 17.5. The summed E-state index contributed by atoms with van der Waals surface area (Å²) < 4.78 is 0. The Hall–Kier alpha value is -1.45. The highest BCUT2D eigenvalue weighted by Gasteiger charge is 2.12. The van der Waals surface area contributed by atoms with Crippen molar-refractivity contribution < 1.29 is 29.7 Å². The molecule has 8 nitrogen and oxygen atoms in total. The van der Waals surface area contributed by atoms with E-state index in [0.29, 0.717) is 6.54 Å². The molecule has 0 heterocycles. The number of rotatable bonds is 3. The molecule has 9 heteroatoms. The van der Waals surface area contributed by atoms with Crippen molar-refractivity contribution >= 4 is 28.2 Å². The molecule has 0 aliphatic heterocycles. The monoisotopic (exact) mass is 312 g/mol. The Balaban J connectivity index is -0.0000000917. The zero-order valence-corrected chi connectivity index (χ0v) is 14.8. The van der Waals surface area contributed by atoms with Crippen LogP contribution < -0.4 is 11.5 Å². The lowest BCUT2D eigenvalue weighted by molar-refractivity contribution is -0.135. The molecule has 0 aromatic heterocycles. The SMILES string of the molecule is CC(=O)O.CC(=O)O.CC(=O)O.CCCC(N)([SiH3])CN. The molecule has 0 saturated heterocycles. The Morgan fingerprint density at radius 3 is 1.25 bits per heavy atom. The number of carbonyl (C=O) groups is 3. The van der Waals surface area contributed by atoms with Gasteiger partial charge in [-0.05, 0) is 6.42 Å². The number of carboxylic acids is 3. The predicted octanol–water partition coefficient (Wildman–Crippen LogP) is -0.962. The first-order chi connectivity index (χ1) is 8.82. The van der Waals surface area contributed by atoms with Crippen molar-refractivity contribution in [2.45, 2.75) is 45.7 Å². The van der Waals surface area contributed by atoms with Gasteiger partial charge in [-0.2, -0.15) is 0 Å². The smallest absolute Gasteiger partial charge is 0.300 e. The Morgan fingerprint density at radius 1 is 1.00 bits per heavy atom. The number of carboxylic acid groups (broad SMARTS) is 3. The van der Waals surface area contributed by atoms with Crippen molar-refractivity contribution in [1.29, 1.82) is 0 Å². The van der Waals surface area contributed by atoms with Gasteiger partial charge < -0.3 is 26.8 Å². The van der Waals surface area contributed by atoms with Gasteiger partial charge in [-0.15, -0.1) is 0 Å². The zero-order chi connectivity index (χ0) is 17.4. The molecule has 0 amide bonds. The zero-order valence-electron chi connectivity index (χ0n) is 12.8. The molecule has 122 valence electrons. The van der Waals surface area contributed by atoms with Crippen LogP contribution in [-0.2, 0) is 14.4 Å². The maximum atomic E-state index is 9.00. The van der Waals surface area contributed by atoms with Gasteiger partial charge in [0.2, 0.25) is 0 Å². The van der Waals surface area contributed by atoms with E-state index >= 15 is 0 Å². The third kappa shape index (κ3) is 130. The minimum absolute atomic E-state index is 0.00868. The van der Waals surface area contributed by atoms with Gasteiger partial charge in [0.05, 0.1) is 0 Å². The molecular weight excluding hydrogens is 284 g/mol. The van der Waals surface area contributed by atoms with E-state index in [2.05, 4.69) is 6.92 Å². The lowest BCUT2D eigenvalue weighted by atomic mass is 10.2. The van der Waals surface area contributed by atoms with E-state index in [1.807, 2.05) is 0 Å². The Morgan fingerprint density at radius 2 is 1.20 bits per heavy atom. The van der Waals surface area contributed by atoms with Crippen molar-refractivity contribution in [2.75, 3.05) is 6.54 Å². The highest BCUT2D eigenvalue weighted by molar-refractivity contribution is 6.15. The van der Waals surface area contributed by atoms with E-state index in [1.54, 1.807) is 0 Å². The second-order valence-electron chi connectivity index (χ2n) is 4.17. The fourth-order valence-corrected chi connectivity index (χ4v) is 1.17. The molecule has 0 aromatic carbocycles. The minimum Gasteiger partial charge on any atom is -0.481 e. The molecule has 0 aromatic rings. The van der Waals surface area contributed by atoms with Crippen molar-refractivity contribution in [3.63, 3.8) is 0 Å². The fraction of sp³-hybridized carbons (Fsp3) is 0.727. The van der Waals surface area contributed by atoms with E-state index in [1.165, 1.54) is 0 Å². The Bertz CT molecular complexity index is 231. The number of nitrogens with two attached hydrogens (primary N) is 2. The van der Waals surface area contributed by atoms with Crippen LogP contribution in [0.25, 0.3) is 0 Å². The summed E-state index contributed by atoms with van der Waals surface area (Å²) in [7, 11) is 1.01. The van der Waals surface area contributed by atoms with E-state index in [0.717, 1.165) is 43.9 Å². The van der Waals surface area contributed by atoms with Crippen LogP contribution in [0.1, 0.15) is 40.5 Å². The van der Waals surface area contributed by atoms with Gasteiger partial charge in [-0.25, -0.2) is 0 Å². The van der Waals surface area contributed by atoms with E-state index < -0.39 is 17.9 Å². The van der Waals surface area contributed by atoms with Crippen LogP contribution in [0.4, 0.5) is 0 Å². The summed E-state index contributed by atoms with van der Waals surface area (Å²) in [6.45, 7) is 6.03. The molecule has 0 aliphatic carbocycles. The quantitative estimate of drug-likeness (QED) is 0.416. The molecule has 1 unspecified atom stereocenters. The third-order valence-electron chi connectivity index (χ3n) is 1.29. The maximum absolute atomic E-state index is 9.00. The third-order valence-corrected chi connectivity index (χ3v) is 2.20. The highest BCUT2D eigenvalue weighted by atomic mass is 28.1. The summed E-state index contributed by atoms with van der Waals surface area (Å²) in [5.41, 5.74) is 11.2. The molecule has 20 heavy (non-hydrogen) atoms. The van der Waals surface area contributed by atoms with Crippen molar-refractivity contribution in [1.82, 2.24) is 0 Å². The lowest BCUT2D eigenvalue weighted by Gasteiger charge is -2.20. The van der Waals surface area contributed by atoms with Gasteiger partial charge in [0.15, 0.2) is 0 Å². The molecule has 0 rings (SSSR count). The molecule has 1 atom stereocenters. The topological polar surface area (TPSA) is 164 Å². The fourth-order valence-electron chi connectivity index (χ4n) is 0.673. The van der Waals surface area contributed by atoms with E-state index in [-0.39, 0.29) is 5.16 Å². The molecule has 0 aliphatic rings. The van der Waals surface area contributed by atoms with Crippen LogP contribution in [0.3, 0.4) is 0 Å².